The second kappa shape index (κ2) is 13.4. The lowest BCUT2D eigenvalue weighted by molar-refractivity contribution is -0.144. The molecule has 0 bridgehead atoms. The van der Waals surface area contributed by atoms with Gasteiger partial charge in [0.2, 0.25) is 0 Å². The molecule has 1 fully saturated rings. The molecule has 0 aliphatic heterocycles. The van der Waals surface area contributed by atoms with Crippen LogP contribution in [-0.4, -0.2) is 18.7 Å². The molecule has 1 aromatic rings. The molecule has 0 atom stereocenters. The van der Waals surface area contributed by atoms with Gasteiger partial charge in [-0.1, -0.05) is 56.7 Å². The molecule has 1 aliphatic rings. The van der Waals surface area contributed by atoms with Crippen molar-refractivity contribution in [1.82, 2.24) is 0 Å². The molecule has 0 radical (unpaired) electrons. The van der Waals surface area contributed by atoms with Crippen LogP contribution in [0.3, 0.4) is 0 Å². The molecule has 0 N–H and O–H groups in total. The van der Waals surface area contributed by atoms with Crippen molar-refractivity contribution in [1.29, 1.82) is 0 Å². The van der Waals surface area contributed by atoms with Crippen LogP contribution in [0.15, 0.2) is 49.2 Å². The Hall–Kier alpha value is -2.03. The predicted octanol–water partition coefficient (Wildman–Crippen LogP) is 5.52. The van der Waals surface area contributed by atoms with E-state index >= 15 is 0 Å². The van der Waals surface area contributed by atoms with Gasteiger partial charge < -0.3 is 9.47 Å². The number of carbonyl (C=O) groups excluding carboxylic acids is 1. The fraction of sp³-hybridized carbons (Fsp3) is 0.476. The van der Waals surface area contributed by atoms with Crippen LogP contribution < -0.4 is 0 Å². The van der Waals surface area contributed by atoms with Gasteiger partial charge in [-0.25, -0.2) is 4.79 Å². The van der Waals surface area contributed by atoms with E-state index < -0.39 is 0 Å². The molecule has 2 rings (SSSR count). The van der Waals surface area contributed by atoms with E-state index in [9.17, 15) is 4.79 Å². The van der Waals surface area contributed by atoms with Crippen molar-refractivity contribution < 1.29 is 14.3 Å². The van der Waals surface area contributed by atoms with Crippen molar-refractivity contribution >= 4 is 12.0 Å². The molecule has 0 unspecified atom stereocenters. The molecule has 1 saturated carbocycles. The van der Waals surface area contributed by atoms with Gasteiger partial charge in [0.1, 0.15) is 6.10 Å². The minimum Gasteiger partial charge on any atom is -0.501 e. The lowest BCUT2D eigenvalue weighted by Crippen LogP contribution is -2.19. The lowest BCUT2D eigenvalue weighted by atomic mass is 9.98. The Labute approximate surface area is 146 Å². The lowest BCUT2D eigenvalue weighted by Gasteiger charge is -2.20. The number of hydrogen-bond donors (Lipinski definition) is 0. The molecule has 132 valence electrons. The highest BCUT2D eigenvalue weighted by Gasteiger charge is 2.15. The minimum atomic E-state index is -0.281. The first-order valence-corrected chi connectivity index (χ1v) is 8.92. The van der Waals surface area contributed by atoms with Crippen molar-refractivity contribution in [2.24, 2.45) is 0 Å². The average Bonchev–Trinajstić information content (AvgIpc) is 2.64. The first-order valence-electron chi connectivity index (χ1n) is 8.92. The van der Waals surface area contributed by atoms with Crippen LogP contribution >= 0.6 is 0 Å². The Kier molecular flexibility index (Phi) is 11.2. The van der Waals surface area contributed by atoms with E-state index in [2.05, 4.69) is 25.6 Å². The summed E-state index contributed by atoms with van der Waals surface area (Å²) in [6.07, 6.45) is 13.2. The predicted molar refractivity (Wildman–Crippen MR) is 99.5 cm³/mol. The Bertz CT molecular complexity index is 473. The summed E-state index contributed by atoms with van der Waals surface area (Å²) in [5.41, 5.74) is 1.18. The van der Waals surface area contributed by atoms with E-state index in [1.54, 1.807) is 6.26 Å². The zero-order chi connectivity index (χ0) is 17.5. The normalized spacial score (nSPS) is 14.5. The van der Waals surface area contributed by atoms with Gasteiger partial charge in [-0.05, 0) is 43.7 Å². The second-order valence-electron chi connectivity index (χ2n) is 5.84. The summed E-state index contributed by atoms with van der Waals surface area (Å²) in [7, 11) is 0. The fourth-order valence-electron chi connectivity index (χ4n) is 2.38. The van der Waals surface area contributed by atoms with Crippen molar-refractivity contribution in [3.05, 3.63) is 54.8 Å². The van der Waals surface area contributed by atoms with Crippen LogP contribution in [0.25, 0.3) is 6.08 Å². The summed E-state index contributed by atoms with van der Waals surface area (Å²) < 4.78 is 10.4. The topological polar surface area (TPSA) is 35.5 Å². The van der Waals surface area contributed by atoms with Crippen LogP contribution in [-0.2, 0) is 14.3 Å². The number of unbranched alkanes of at least 4 members (excludes halogenated alkanes) is 1. The molecule has 0 spiro atoms. The van der Waals surface area contributed by atoms with Gasteiger partial charge in [0.05, 0.1) is 12.9 Å². The first-order chi connectivity index (χ1) is 11.8. The fourth-order valence-corrected chi connectivity index (χ4v) is 2.38. The van der Waals surface area contributed by atoms with Gasteiger partial charge in [-0.2, -0.15) is 0 Å². The number of benzene rings is 1. The van der Waals surface area contributed by atoms with Gasteiger partial charge in [0.25, 0.3) is 0 Å². The minimum absolute atomic E-state index is 0.161. The molecule has 24 heavy (non-hydrogen) atoms. The van der Waals surface area contributed by atoms with Crippen molar-refractivity contribution in [3.8, 4) is 0 Å². The van der Waals surface area contributed by atoms with E-state index in [4.69, 9.17) is 9.47 Å². The molecule has 3 heteroatoms. The molecular formula is C21H30O3. The third-order valence-electron chi connectivity index (χ3n) is 3.77. The van der Waals surface area contributed by atoms with E-state index in [1.165, 1.54) is 37.3 Å². The highest BCUT2D eigenvalue weighted by Crippen LogP contribution is 2.20. The molecule has 1 aliphatic carbocycles. The van der Waals surface area contributed by atoms with Gasteiger partial charge in [0, 0.05) is 6.08 Å². The Morgan fingerprint density at radius 2 is 1.92 bits per heavy atom. The highest BCUT2D eigenvalue weighted by molar-refractivity contribution is 5.81. The summed E-state index contributed by atoms with van der Waals surface area (Å²) in [5.74, 6) is -0.281. The van der Waals surface area contributed by atoms with Gasteiger partial charge in [-0.3, -0.25) is 0 Å². The number of rotatable bonds is 7. The van der Waals surface area contributed by atoms with Gasteiger partial charge in [-0.15, -0.1) is 0 Å². The quantitative estimate of drug-likeness (QED) is 0.286. The SMILES string of the molecule is C=CC(=O)OC1CCCCC1.CCCCOC=Cc1ccccc1. The second-order valence-corrected chi connectivity index (χ2v) is 5.84. The summed E-state index contributed by atoms with van der Waals surface area (Å²) in [4.78, 5) is 10.7. The first kappa shape index (κ1) is 20.0. The summed E-state index contributed by atoms with van der Waals surface area (Å²) >= 11 is 0. The van der Waals surface area contributed by atoms with Crippen molar-refractivity contribution in [2.45, 2.75) is 58.0 Å². The Balaban J connectivity index is 0.000000243. The summed E-state index contributed by atoms with van der Waals surface area (Å²) in [6.45, 7) is 6.33. The largest absolute Gasteiger partial charge is 0.501 e. The smallest absolute Gasteiger partial charge is 0.330 e. The molecule has 0 amide bonds. The number of hydrogen-bond acceptors (Lipinski definition) is 3. The van der Waals surface area contributed by atoms with Crippen LogP contribution in [0.2, 0.25) is 0 Å². The standard InChI is InChI=1S/C12H16O.C9H14O2/c1-2-3-10-13-11-9-12-7-5-4-6-8-12;1-2-9(10)11-8-6-4-3-5-7-8/h4-9,11H,2-3,10H2,1H3;2,8H,1,3-7H2. The summed E-state index contributed by atoms with van der Waals surface area (Å²) in [6, 6.07) is 10.2. The van der Waals surface area contributed by atoms with Crippen LogP contribution in [0.1, 0.15) is 57.4 Å². The van der Waals surface area contributed by atoms with Crippen LogP contribution in [0.4, 0.5) is 0 Å². The van der Waals surface area contributed by atoms with Crippen molar-refractivity contribution in [2.75, 3.05) is 6.61 Å². The highest BCUT2D eigenvalue weighted by atomic mass is 16.5. The third kappa shape index (κ3) is 9.88. The van der Waals surface area contributed by atoms with E-state index in [0.717, 1.165) is 25.9 Å². The maximum atomic E-state index is 10.7. The van der Waals surface area contributed by atoms with Crippen LogP contribution in [0, 0.1) is 0 Å². The zero-order valence-corrected chi connectivity index (χ0v) is 14.8. The molecule has 0 heterocycles. The third-order valence-corrected chi connectivity index (χ3v) is 3.77. The number of ether oxygens (including phenoxy) is 2. The molecule has 0 saturated heterocycles. The molecular weight excluding hydrogens is 300 g/mol. The molecule has 0 aromatic heterocycles. The van der Waals surface area contributed by atoms with Gasteiger partial charge >= 0.3 is 5.97 Å². The Morgan fingerprint density at radius 1 is 1.21 bits per heavy atom. The zero-order valence-electron chi connectivity index (χ0n) is 14.8. The van der Waals surface area contributed by atoms with Crippen molar-refractivity contribution in [3.63, 3.8) is 0 Å². The average molecular weight is 330 g/mol. The van der Waals surface area contributed by atoms with E-state index in [1.807, 2.05) is 24.3 Å². The number of carbonyl (C=O) groups is 1. The molecule has 3 nitrogen and oxygen atoms in total. The Morgan fingerprint density at radius 3 is 2.54 bits per heavy atom. The van der Waals surface area contributed by atoms with Crippen LogP contribution in [0.5, 0.6) is 0 Å². The maximum absolute atomic E-state index is 10.7. The van der Waals surface area contributed by atoms with Gasteiger partial charge in [0.15, 0.2) is 0 Å². The number of esters is 1. The maximum Gasteiger partial charge on any atom is 0.330 e. The van der Waals surface area contributed by atoms with E-state index in [0.29, 0.717) is 0 Å². The monoisotopic (exact) mass is 330 g/mol. The summed E-state index contributed by atoms with van der Waals surface area (Å²) in [5, 5.41) is 0. The van der Waals surface area contributed by atoms with E-state index in [-0.39, 0.29) is 12.1 Å². The molecule has 1 aromatic carbocycles.